The van der Waals surface area contributed by atoms with Crippen molar-refractivity contribution in [3.8, 4) is 0 Å². The summed E-state index contributed by atoms with van der Waals surface area (Å²) >= 11 is 12.6. The number of halogens is 2. The molecule has 0 spiro atoms. The summed E-state index contributed by atoms with van der Waals surface area (Å²) in [6.45, 7) is 4.29. The standard InChI is InChI=1S/C19H19Cl2N3O2/c1-3-12-8-11(9-16(25)24-12)19(26)22-7-6-13-10(2)23-18-15(21)5-4-14(20)17(13)18/h4-5,8-9,23H,3,6-7H2,1-2H3,(H,22,26)(H,24,25). The Morgan fingerprint density at radius 3 is 2.62 bits per heavy atom. The molecule has 7 heteroatoms. The van der Waals surface area contributed by atoms with Crippen molar-refractivity contribution in [1.82, 2.24) is 15.3 Å². The van der Waals surface area contributed by atoms with Crippen LogP contribution in [0.15, 0.2) is 29.1 Å². The van der Waals surface area contributed by atoms with Gasteiger partial charge in [0, 0.05) is 34.9 Å². The molecule has 1 amide bonds. The fourth-order valence-electron chi connectivity index (χ4n) is 3.06. The van der Waals surface area contributed by atoms with Crippen molar-refractivity contribution in [2.75, 3.05) is 6.54 Å². The molecule has 3 N–H and O–H groups in total. The first kappa shape index (κ1) is 18.5. The third kappa shape index (κ3) is 3.64. The molecule has 3 rings (SSSR count). The van der Waals surface area contributed by atoms with E-state index in [4.69, 9.17) is 23.2 Å². The van der Waals surface area contributed by atoms with Crippen LogP contribution in [0, 0.1) is 6.92 Å². The Labute approximate surface area is 160 Å². The summed E-state index contributed by atoms with van der Waals surface area (Å²) < 4.78 is 0. The summed E-state index contributed by atoms with van der Waals surface area (Å²) in [5, 5.41) is 4.98. The zero-order valence-electron chi connectivity index (χ0n) is 14.5. The van der Waals surface area contributed by atoms with Gasteiger partial charge in [0.1, 0.15) is 0 Å². The van der Waals surface area contributed by atoms with Crippen LogP contribution in [0.3, 0.4) is 0 Å². The van der Waals surface area contributed by atoms with E-state index in [1.807, 2.05) is 13.8 Å². The first-order valence-corrected chi connectivity index (χ1v) is 9.13. The molecule has 3 aromatic rings. The molecule has 136 valence electrons. The number of carbonyl (C=O) groups excluding carboxylic acids is 1. The number of aromatic amines is 2. The molecule has 0 saturated carbocycles. The summed E-state index contributed by atoms with van der Waals surface area (Å²) in [4.78, 5) is 29.9. The molecule has 0 radical (unpaired) electrons. The third-order valence-corrected chi connectivity index (χ3v) is 5.00. The van der Waals surface area contributed by atoms with Gasteiger partial charge in [-0.05, 0) is 43.5 Å². The molecule has 0 aliphatic heterocycles. The highest BCUT2D eigenvalue weighted by Gasteiger charge is 2.15. The van der Waals surface area contributed by atoms with Crippen molar-refractivity contribution in [1.29, 1.82) is 0 Å². The Morgan fingerprint density at radius 1 is 1.15 bits per heavy atom. The predicted octanol–water partition coefficient (Wildman–Crippen LogP) is 4.01. The van der Waals surface area contributed by atoms with Crippen molar-refractivity contribution >= 4 is 40.0 Å². The summed E-state index contributed by atoms with van der Waals surface area (Å²) in [5.41, 5.74) is 3.61. The Hall–Kier alpha value is -2.24. The third-order valence-electron chi connectivity index (χ3n) is 4.37. The fraction of sp³-hybridized carbons (Fsp3) is 0.263. The van der Waals surface area contributed by atoms with E-state index in [1.54, 1.807) is 18.2 Å². The van der Waals surface area contributed by atoms with E-state index in [-0.39, 0.29) is 11.5 Å². The molecule has 0 aliphatic carbocycles. The van der Waals surface area contributed by atoms with Crippen molar-refractivity contribution in [2.24, 2.45) is 0 Å². The maximum absolute atomic E-state index is 12.3. The molecule has 0 atom stereocenters. The maximum Gasteiger partial charge on any atom is 0.251 e. The smallest absolute Gasteiger partial charge is 0.251 e. The van der Waals surface area contributed by atoms with Crippen LogP contribution in [0.1, 0.15) is 34.2 Å². The van der Waals surface area contributed by atoms with Gasteiger partial charge in [-0.1, -0.05) is 30.1 Å². The Balaban J connectivity index is 1.76. The topological polar surface area (TPSA) is 77.8 Å². The number of nitrogens with one attached hydrogen (secondary N) is 3. The average molecular weight is 392 g/mol. The minimum absolute atomic E-state index is 0.271. The molecule has 26 heavy (non-hydrogen) atoms. The zero-order chi connectivity index (χ0) is 18.8. The lowest BCUT2D eigenvalue weighted by Crippen LogP contribution is -2.27. The van der Waals surface area contributed by atoms with E-state index in [1.165, 1.54) is 6.07 Å². The highest BCUT2D eigenvalue weighted by molar-refractivity contribution is 6.40. The van der Waals surface area contributed by atoms with E-state index in [0.29, 0.717) is 35.0 Å². The van der Waals surface area contributed by atoms with Gasteiger partial charge < -0.3 is 15.3 Å². The van der Waals surface area contributed by atoms with E-state index < -0.39 is 0 Å². The SMILES string of the molecule is CCc1cc(C(=O)NCCc2c(C)[nH]c3c(Cl)ccc(Cl)c23)cc(=O)[nH]1. The number of benzene rings is 1. The van der Waals surface area contributed by atoms with Gasteiger partial charge in [-0.25, -0.2) is 0 Å². The molecular formula is C19H19Cl2N3O2. The van der Waals surface area contributed by atoms with Crippen LogP contribution in [0.2, 0.25) is 10.0 Å². The van der Waals surface area contributed by atoms with Crippen LogP contribution in [-0.4, -0.2) is 22.4 Å². The van der Waals surface area contributed by atoms with Crippen molar-refractivity contribution in [2.45, 2.75) is 26.7 Å². The molecule has 0 fully saturated rings. The van der Waals surface area contributed by atoms with E-state index in [2.05, 4.69) is 15.3 Å². The lowest BCUT2D eigenvalue weighted by Gasteiger charge is -2.07. The summed E-state index contributed by atoms with van der Waals surface area (Å²) in [6, 6.07) is 6.53. The molecule has 2 heterocycles. The van der Waals surface area contributed by atoms with Gasteiger partial charge in [-0.2, -0.15) is 0 Å². The van der Waals surface area contributed by atoms with Crippen LogP contribution >= 0.6 is 23.2 Å². The van der Waals surface area contributed by atoms with E-state index in [9.17, 15) is 9.59 Å². The van der Waals surface area contributed by atoms with Gasteiger partial charge in [-0.3, -0.25) is 9.59 Å². The number of aryl methyl sites for hydroxylation is 2. The first-order chi connectivity index (χ1) is 12.4. The number of hydrogen-bond donors (Lipinski definition) is 3. The van der Waals surface area contributed by atoms with Gasteiger partial charge in [0.2, 0.25) is 5.56 Å². The lowest BCUT2D eigenvalue weighted by molar-refractivity contribution is 0.0954. The quantitative estimate of drug-likeness (QED) is 0.614. The molecule has 0 bridgehead atoms. The number of pyridine rings is 1. The summed E-state index contributed by atoms with van der Waals surface area (Å²) in [6.07, 6.45) is 1.26. The average Bonchev–Trinajstić information content (AvgIpc) is 2.95. The zero-order valence-corrected chi connectivity index (χ0v) is 16.0. The number of H-pyrrole nitrogens is 2. The van der Waals surface area contributed by atoms with Gasteiger partial charge >= 0.3 is 0 Å². The largest absolute Gasteiger partial charge is 0.357 e. The molecule has 0 unspecified atom stereocenters. The Morgan fingerprint density at radius 2 is 1.88 bits per heavy atom. The second-order valence-electron chi connectivity index (χ2n) is 6.13. The van der Waals surface area contributed by atoms with Crippen LogP contribution < -0.4 is 10.9 Å². The van der Waals surface area contributed by atoms with Crippen LogP contribution in [-0.2, 0) is 12.8 Å². The van der Waals surface area contributed by atoms with Gasteiger partial charge in [0.25, 0.3) is 5.91 Å². The normalized spacial score (nSPS) is 11.1. The number of amides is 1. The van der Waals surface area contributed by atoms with Gasteiger partial charge in [-0.15, -0.1) is 0 Å². The van der Waals surface area contributed by atoms with Gasteiger partial charge in [0.05, 0.1) is 15.6 Å². The minimum Gasteiger partial charge on any atom is -0.357 e. The fourth-order valence-corrected chi connectivity index (χ4v) is 3.53. The number of carbonyl (C=O) groups is 1. The predicted molar refractivity (Wildman–Crippen MR) is 106 cm³/mol. The number of rotatable bonds is 5. The maximum atomic E-state index is 12.3. The second kappa shape index (κ2) is 7.56. The monoisotopic (exact) mass is 391 g/mol. The minimum atomic E-state index is -0.275. The van der Waals surface area contributed by atoms with Gasteiger partial charge in [0.15, 0.2) is 0 Å². The van der Waals surface area contributed by atoms with E-state index in [0.717, 1.165) is 27.9 Å². The van der Waals surface area contributed by atoms with Crippen LogP contribution in [0.5, 0.6) is 0 Å². The first-order valence-electron chi connectivity index (χ1n) is 8.37. The highest BCUT2D eigenvalue weighted by Crippen LogP contribution is 2.33. The Kier molecular flexibility index (Phi) is 5.39. The lowest BCUT2D eigenvalue weighted by atomic mass is 10.1. The number of fused-ring (bicyclic) bond motifs is 1. The Bertz CT molecular complexity index is 1040. The molecule has 0 aliphatic rings. The van der Waals surface area contributed by atoms with Crippen molar-refractivity contribution < 1.29 is 4.79 Å². The summed E-state index contributed by atoms with van der Waals surface area (Å²) in [7, 11) is 0. The number of aromatic nitrogens is 2. The number of hydrogen-bond acceptors (Lipinski definition) is 2. The second-order valence-corrected chi connectivity index (χ2v) is 6.94. The molecule has 0 saturated heterocycles. The molecule has 1 aromatic carbocycles. The van der Waals surface area contributed by atoms with Crippen molar-refractivity contribution in [3.63, 3.8) is 0 Å². The van der Waals surface area contributed by atoms with Crippen LogP contribution in [0.4, 0.5) is 0 Å². The van der Waals surface area contributed by atoms with E-state index >= 15 is 0 Å². The summed E-state index contributed by atoms with van der Waals surface area (Å²) in [5.74, 6) is -0.271. The molecular weight excluding hydrogens is 373 g/mol. The van der Waals surface area contributed by atoms with Crippen molar-refractivity contribution in [3.05, 3.63) is 67.2 Å². The highest BCUT2D eigenvalue weighted by atomic mass is 35.5. The van der Waals surface area contributed by atoms with Crippen LogP contribution in [0.25, 0.3) is 10.9 Å². The molecule has 2 aromatic heterocycles. The molecule has 5 nitrogen and oxygen atoms in total.